The Bertz CT molecular complexity index is 794. The number of nitro groups is 1. The van der Waals surface area contributed by atoms with Crippen LogP contribution < -0.4 is 10.5 Å². The molecule has 0 atom stereocenters. The van der Waals surface area contributed by atoms with E-state index in [1.165, 1.54) is 12.4 Å². The summed E-state index contributed by atoms with van der Waals surface area (Å²) >= 11 is 3.06. The molecule has 0 saturated carbocycles. The van der Waals surface area contributed by atoms with Crippen LogP contribution in [0.2, 0.25) is 0 Å². The van der Waals surface area contributed by atoms with Crippen LogP contribution in [0.15, 0.2) is 40.1 Å². The van der Waals surface area contributed by atoms with E-state index in [1.807, 2.05) is 0 Å². The number of hydrogen-bond donors (Lipinski definition) is 2. The molecule has 0 aliphatic heterocycles. The smallest absolute Gasteiger partial charge is 0.270 e. The van der Waals surface area contributed by atoms with Crippen LogP contribution in [-0.4, -0.2) is 23.3 Å². The number of anilines is 2. The average Bonchev–Trinajstić information content (AvgIpc) is 2.41. The minimum atomic E-state index is -4.11. The molecule has 1 aromatic heterocycles. The lowest BCUT2D eigenvalue weighted by Crippen LogP contribution is -2.16. The third-order valence-corrected chi connectivity index (χ3v) is 4.18. The Morgan fingerprint density at radius 3 is 2.57 bits per heavy atom. The first-order chi connectivity index (χ1) is 9.79. The third-order valence-electron chi connectivity index (χ3n) is 2.36. The van der Waals surface area contributed by atoms with Gasteiger partial charge in [0.05, 0.1) is 23.0 Å². The number of non-ortho nitro benzene ring substituents is 1. The molecule has 1 heterocycles. The molecule has 1 aromatic carbocycles. The van der Waals surface area contributed by atoms with Gasteiger partial charge in [0.25, 0.3) is 15.7 Å². The molecule has 0 fully saturated rings. The Morgan fingerprint density at radius 2 is 2.00 bits per heavy atom. The Balaban J connectivity index is 2.41. The number of nitrogens with one attached hydrogen (secondary N) is 1. The number of rotatable bonds is 4. The SMILES string of the molecule is Nc1ccc([N+](=O)[O-])cc1S(=O)(=O)Nc1cnc(Br)cn1. The van der Waals surface area contributed by atoms with Crippen LogP contribution in [0.25, 0.3) is 0 Å². The maximum atomic E-state index is 12.2. The van der Waals surface area contributed by atoms with Crippen molar-refractivity contribution in [2.75, 3.05) is 10.5 Å². The van der Waals surface area contributed by atoms with Crippen molar-refractivity contribution in [3.05, 3.63) is 45.3 Å². The summed E-state index contributed by atoms with van der Waals surface area (Å²) in [5, 5.41) is 10.7. The molecule has 0 bridgehead atoms. The van der Waals surface area contributed by atoms with E-state index in [0.717, 1.165) is 18.2 Å². The highest BCUT2D eigenvalue weighted by Gasteiger charge is 2.21. The lowest BCUT2D eigenvalue weighted by molar-refractivity contribution is -0.385. The predicted octanol–water partition coefficient (Wildman–Crippen LogP) is 1.53. The van der Waals surface area contributed by atoms with Crippen LogP contribution in [0.5, 0.6) is 0 Å². The van der Waals surface area contributed by atoms with Gasteiger partial charge in [0.15, 0.2) is 5.82 Å². The van der Waals surface area contributed by atoms with E-state index in [-0.39, 0.29) is 17.2 Å². The van der Waals surface area contributed by atoms with E-state index in [4.69, 9.17) is 5.73 Å². The number of nitrogen functional groups attached to an aromatic ring is 1. The molecule has 0 spiro atoms. The van der Waals surface area contributed by atoms with Crippen molar-refractivity contribution in [3.8, 4) is 0 Å². The van der Waals surface area contributed by atoms with Crippen molar-refractivity contribution in [2.24, 2.45) is 0 Å². The molecule has 2 aromatic rings. The third kappa shape index (κ3) is 3.44. The minimum absolute atomic E-state index is 0.0379. The molecule has 0 aliphatic rings. The van der Waals surface area contributed by atoms with Crippen molar-refractivity contribution in [3.63, 3.8) is 0 Å². The standard InChI is InChI=1S/C10H8BrN5O4S/c11-9-4-14-10(5-13-9)15-21(19,20)8-3-6(16(17)18)1-2-7(8)12/h1-5H,12H2,(H,14,15). The Morgan fingerprint density at radius 1 is 1.29 bits per heavy atom. The first kappa shape index (κ1) is 15.1. The van der Waals surface area contributed by atoms with E-state index in [9.17, 15) is 18.5 Å². The molecule has 21 heavy (non-hydrogen) atoms. The number of halogens is 1. The van der Waals surface area contributed by atoms with E-state index in [1.54, 1.807) is 0 Å². The van der Waals surface area contributed by atoms with Gasteiger partial charge < -0.3 is 5.73 Å². The van der Waals surface area contributed by atoms with E-state index in [2.05, 4.69) is 30.6 Å². The fraction of sp³-hybridized carbons (Fsp3) is 0. The van der Waals surface area contributed by atoms with Crippen LogP contribution in [0, 0.1) is 10.1 Å². The Labute approximate surface area is 127 Å². The maximum absolute atomic E-state index is 12.2. The molecule has 11 heteroatoms. The van der Waals surface area contributed by atoms with Crippen LogP contribution in [0.4, 0.5) is 17.2 Å². The van der Waals surface area contributed by atoms with E-state index < -0.39 is 19.8 Å². The lowest BCUT2D eigenvalue weighted by Gasteiger charge is -2.09. The summed E-state index contributed by atoms with van der Waals surface area (Å²) in [6, 6.07) is 3.15. The highest BCUT2D eigenvalue weighted by Crippen LogP contribution is 2.25. The summed E-state index contributed by atoms with van der Waals surface area (Å²) in [7, 11) is -4.11. The summed E-state index contributed by atoms with van der Waals surface area (Å²) in [4.78, 5) is 17.2. The summed E-state index contributed by atoms with van der Waals surface area (Å²) in [6.07, 6.45) is 2.49. The normalized spacial score (nSPS) is 11.1. The fourth-order valence-corrected chi connectivity index (χ4v) is 2.78. The van der Waals surface area contributed by atoms with E-state index >= 15 is 0 Å². The molecule has 110 valence electrons. The van der Waals surface area contributed by atoms with Gasteiger partial charge in [0, 0.05) is 12.1 Å². The van der Waals surface area contributed by atoms with Crippen molar-refractivity contribution in [2.45, 2.75) is 4.90 Å². The van der Waals surface area contributed by atoms with Crippen LogP contribution >= 0.6 is 15.9 Å². The van der Waals surface area contributed by atoms with Gasteiger partial charge >= 0.3 is 0 Å². The van der Waals surface area contributed by atoms with Gasteiger partial charge in [-0.1, -0.05) is 0 Å². The molecule has 0 unspecified atom stereocenters. The summed E-state index contributed by atoms with van der Waals surface area (Å²) in [5.41, 5.74) is 5.07. The van der Waals surface area contributed by atoms with Gasteiger partial charge in [-0.2, -0.15) is 0 Å². The van der Waals surface area contributed by atoms with Crippen LogP contribution in [-0.2, 0) is 10.0 Å². The number of aromatic nitrogens is 2. The topological polar surface area (TPSA) is 141 Å². The van der Waals surface area contributed by atoms with Gasteiger partial charge in [-0.05, 0) is 22.0 Å². The molecule has 2 rings (SSSR count). The van der Waals surface area contributed by atoms with Gasteiger partial charge in [-0.3, -0.25) is 14.8 Å². The maximum Gasteiger partial charge on any atom is 0.270 e. The highest BCUT2D eigenvalue weighted by molar-refractivity contribution is 9.10. The zero-order chi connectivity index (χ0) is 15.6. The van der Waals surface area contributed by atoms with Crippen LogP contribution in [0.1, 0.15) is 0 Å². The number of benzene rings is 1. The van der Waals surface area contributed by atoms with Gasteiger partial charge in [0.1, 0.15) is 9.50 Å². The largest absolute Gasteiger partial charge is 0.398 e. The van der Waals surface area contributed by atoms with Gasteiger partial charge in [-0.15, -0.1) is 0 Å². The first-order valence-electron chi connectivity index (χ1n) is 5.34. The minimum Gasteiger partial charge on any atom is -0.398 e. The van der Waals surface area contributed by atoms with Gasteiger partial charge in [-0.25, -0.2) is 18.4 Å². The quantitative estimate of drug-likeness (QED) is 0.470. The van der Waals surface area contributed by atoms with Gasteiger partial charge in [0.2, 0.25) is 0 Å². The average molecular weight is 374 g/mol. The molecule has 0 aliphatic carbocycles. The highest BCUT2D eigenvalue weighted by atomic mass is 79.9. The molecular formula is C10H8BrN5O4S. The molecule has 0 radical (unpaired) electrons. The van der Waals surface area contributed by atoms with E-state index in [0.29, 0.717) is 4.60 Å². The summed E-state index contributed by atoms with van der Waals surface area (Å²) < 4.78 is 27.0. The lowest BCUT2D eigenvalue weighted by atomic mass is 10.3. The Kier molecular flexibility index (Phi) is 4.04. The number of nitrogens with two attached hydrogens (primary N) is 1. The second-order valence-corrected chi connectivity index (χ2v) is 6.27. The molecule has 0 amide bonds. The van der Waals surface area contributed by atoms with Crippen molar-refractivity contribution < 1.29 is 13.3 Å². The molecule has 9 nitrogen and oxygen atoms in total. The fourth-order valence-electron chi connectivity index (χ4n) is 1.43. The second kappa shape index (κ2) is 5.61. The van der Waals surface area contributed by atoms with Crippen LogP contribution in [0.3, 0.4) is 0 Å². The molecular weight excluding hydrogens is 366 g/mol. The van der Waals surface area contributed by atoms with Crippen molar-refractivity contribution in [1.82, 2.24) is 9.97 Å². The number of nitrogens with zero attached hydrogens (tertiary/aromatic N) is 3. The Hall–Kier alpha value is -2.27. The summed E-state index contributed by atoms with van der Waals surface area (Å²) in [6.45, 7) is 0. The molecule has 3 N–H and O–H groups in total. The first-order valence-corrected chi connectivity index (χ1v) is 7.61. The predicted molar refractivity (Wildman–Crippen MR) is 78.0 cm³/mol. The summed E-state index contributed by atoms with van der Waals surface area (Å²) in [5.74, 6) is -0.0379. The number of nitro benzene ring substituents is 1. The number of sulfonamides is 1. The molecule has 0 saturated heterocycles. The monoisotopic (exact) mass is 373 g/mol. The van der Waals surface area contributed by atoms with Crippen molar-refractivity contribution >= 4 is 43.1 Å². The zero-order valence-corrected chi connectivity index (χ0v) is 12.6. The van der Waals surface area contributed by atoms with Crippen molar-refractivity contribution in [1.29, 1.82) is 0 Å². The zero-order valence-electron chi connectivity index (χ0n) is 10.2. The number of hydrogen-bond acceptors (Lipinski definition) is 7. The second-order valence-electron chi connectivity index (χ2n) is 3.81.